The van der Waals surface area contributed by atoms with E-state index in [1.165, 1.54) is 0 Å². The Balaban J connectivity index is 2.09. The Morgan fingerprint density at radius 3 is 1.52 bits per heavy atom. The molecule has 0 N–H and O–H groups in total. The molecule has 2 aromatic rings. The van der Waals surface area contributed by atoms with Gasteiger partial charge in [-0.1, -0.05) is 57.2 Å². The largest absolute Gasteiger partial charge is 0.373 e. The molecule has 0 radical (unpaired) electrons. The van der Waals surface area contributed by atoms with Crippen LogP contribution in [-0.2, 0) is 19.6 Å². The number of rotatable bonds is 9. The fraction of sp³-hybridized carbons (Fsp3) is 0.391. The molecule has 2 rings (SSSR count). The van der Waals surface area contributed by atoms with Crippen molar-refractivity contribution in [2.45, 2.75) is 53.8 Å². The Morgan fingerprint density at radius 1 is 0.793 bits per heavy atom. The fourth-order valence-corrected chi connectivity index (χ4v) is 2.70. The third-order valence-corrected chi connectivity index (χ3v) is 5.34. The second-order valence-electron chi connectivity index (χ2n) is 7.26. The van der Waals surface area contributed by atoms with E-state index < -0.39 is 23.6 Å². The van der Waals surface area contributed by atoms with Gasteiger partial charge in [0, 0.05) is 5.41 Å². The van der Waals surface area contributed by atoms with Crippen LogP contribution in [0.25, 0.3) is 0 Å². The van der Waals surface area contributed by atoms with Crippen LogP contribution in [0, 0.1) is 19.3 Å². The van der Waals surface area contributed by atoms with Crippen LogP contribution in [0.15, 0.2) is 48.5 Å². The minimum Gasteiger partial charge on any atom is -0.290 e. The molecule has 0 atom stereocenters. The highest BCUT2D eigenvalue weighted by Crippen LogP contribution is 2.33. The third kappa shape index (κ3) is 5.65. The number of hydrogen-bond acceptors (Lipinski definition) is 6. The van der Waals surface area contributed by atoms with Crippen LogP contribution in [0.3, 0.4) is 0 Å². The molecule has 0 saturated carbocycles. The first-order valence-electron chi connectivity index (χ1n) is 9.69. The lowest BCUT2D eigenvalue weighted by Gasteiger charge is -2.32. The van der Waals surface area contributed by atoms with Gasteiger partial charge in [-0.15, -0.1) is 9.78 Å². The summed E-state index contributed by atoms with van der Waals surface area (Å²) in [5.74, 6) is -1.28. The van der Waals surface area contributed by atoms with Crippen LogP contribution in [0.2, 0.25) is 0 Å². The summed E-state index contributed by atoms with van der Waals surface area (Å²) in [5, 5.41) is 0. The van der Waals surface area contributed by atoms with E-state index in [9.17, 15) is 9.59 Å². The molecule has 0 unspecified atom stereocenters. The first kappa shape index (κ1) is 22.6. The highest BCUT2D eigenvalue weighted by atomic mass is 17.3. The molecule has 0 saturated heterocycles. The minimum absolute atomic E-state index is 0.387. The summed E-state index contributed by atoms with van der Waals surface area (Å²) in [6, 6.07) is 14.0. The van der Waals surface area contributed by atoms with Crippen molar-refractivity contribution in [3.05, 3.63) is 70.8 Å². The Kier molecular flexibility index (Phi) is 7.93. The molecule has 0 fully saturated rings. The zero-order valence-electron chi connectivity index (χ0n) is 17.6. The molecule has 156 valence electrons. The molecule has 2 aromatic carbocycles. The lowest BCUT2D eigenvalue weighted by molar-refractivity contribution is -0.445. The van der Waals surface area contributed by atoms with Gasteiger partial charge in [0.2, 0.25) is 0 Å². The van der Waals surface area contributed by atoms with Crippen molar-refractivity contribution in [3.63, 3.8) is 0 Å². The molecule has 0 heterocycles. The topological polar surface area (TPSA) is 71.1 Å². The Labute approximate surface area is 171 Å². The van der Waals surface area contributed by atoms with Crippen LogP contribution in [0.1, 0.15) is 65.5 Å². The van der Waals surface area contributed by atoms with E-state index in [1.54, 1.807) is 50.2 Å². The molecule has 0 aliphatic heterocycles. The molecule has 0 bridgehead atoms. The van der Waals surface area contributed by atoms with Gasteiger partial charge in [0.15, 0.2) is 0 Å². The number of aryl methyl sites for hydroxylation is 2. The lowest BCUT2D eigenvalue weighted by atomic mass is 9.84. The van der Waals surface area contributed by atoms with E-state index in [0.717, 1.165) is 11.1 Å². The van der Waals surface area contributed by atoms with Crippen LogP contribution < -0.4 is 0 Å². The minimum atomic E-state index is -1.08. The summed E-state index contributed by atoms with van der Waals surface area (Å²) < 4.78 is 0. The summed E-state index contributed by atoms with van der Waals surface area (Å²) in [7, 11) is 0. The quantitative estimate of drug-likeness (QED) is 0.322. The molecule has 0 aliphatic carbocycles. The normalized spacial score (nSPS) is 11.4. The van der Waals surface area contributed by atoms with Crippen LogP contribution in [0.4, 0.5) is 0 Å². The van der Waals surface area contributed by atoms with Crippen LogP contribution >= 0.6 is 0 Å². The maximum absolute atomic E-state index is 12.4. The summed E-state index contributed by atoms with van der Waals surface area (Å²) in [6.07, 6.45) is 0.217. The zero-order valence-corrected chi connectivity index (χ0v) is 17.6. The average Bonchev–Trinajstić information content (AvgIpc) is 2.73. The molecule has 0 aliphatic rings. The van der Waals surface area contributed by atoms with Gasteiger partial charge >= 0.3 is 11.9 Å². The Bertz CT molecular complexity index is 779. The predicted octanol–water partition coefficient (Wildman–Crippen LogP) is 5.33. The van der Waals surface area contributed by atoms with Crippen molar-refractivity contribution in [1.82, 2.24) is 0 Å². The summed E-state index contributed by atoms with van der Waals surface area (Å²) >= 11 is 0. The predicted molar refractivity (Wildman–Crippen MR) is 108 cm³/mol. The third-order valence-electron chi connectivity index (χ3n) is 5.34. The molecule has 0 amide bonds. The lowest BCUT2D eigenvalue weighted by Crippen LogP contribution is -2.37. The molecule has 0 aromatic heterocycles. The maximum Gasteiger partial charge on any atom is 0.373 e. The van der Waals surface area contributed by atoms with Crippen molar-refractivity contribution in [1.29, 1.82) is 0 Å². The first-order valence-corrected chi connectivity index (χ1v) is 9.69. The summed E-state index contributed by atoms with van der Waals surface area (Å²) in [6.45, 7) is 9.42. The van der Waals surface area contributed by atoms with Crippen LogP contribution in [0.5, 0.6) is 0 Å². The standard InChI is InChI=1S/C23H28O6/c1-6-23(5,7-2)22(28-26-20(24)18-14-10-8-12-16(18)3)29-27-21(25)19-15-11-9-13-17(19)4/h8-15,22H,6-7H2,1-5H3. The van der Waals surface area contributed by atoms with Crippen LogP contribution in [-0.4, -0.2) is 18.2 Å². The van der Waals surface area contributed by atoms with Gasteiger partial charge in [-0.3, -0.25) is 9.78 Å². The van der Waals surface area contributed by atoms with Gasteiger partial charge in [0.25, 0.3) is 6.29 Å². The van der Waals surface area contributed by atoms with Gasteiger partial charge in [0.1, 0.15) is 0 Å². The molecular weight excluding hydrogens is 372 g/mol. The van der Waals surface area contributed by atoms with E-state index in [4.69, 9.17) is 19.6 Å². The van der Waals surface area contributed by atoms with Crippen molar-refractivity contribution >= 4 is 11.9 Å². The summed E-state index contributed by atoms with van der Waals surface area (Å²) in [5.41, 5.74) is 1.75. The maximum atomic E-state index is 12.4. The van der Waals surface area contributed by atoms with Gasteiger partial charge in [-0.25, -0.2) is 9.59 Å². The molecule has 6 heteroatoms. The van der Waals surface area contributed by atoms with Crippen molar-refractivity contribution in [2.24, 2.45) is 5.41 Å². The van der Waals surface area contributed by atoms with E-state index in [0.29, 0.717) is 24.0 Å². The van der Waals surface area contributed by atoms with E-state index in [1.807, 2.05) is 32.9 Å². The molecular formula is C23H28O6. The number of hydrogen-bond donors (Lipinski definition) is 0. The van der Waals surface area contributed by atoms with Gasteiger partial charge in [-0.2, -0.15) is 0 Å². The second-order valence-corrected chi connectivity index (χ2v) is 7.26. The first-order chi connectivity index (χ1) is 13.8. The van der Waals surface area contributed by atoms with Gasteiger partial charge in [-0.05, 0) is 49.9 Å². The average molecular weight is 400 g/mol. The summed E-state index contributed by atoms with van der Waals surface area (Å²) in [4.78, 5) is 45.4. The van der Waals surface area contributed by atoms with E-state index in [2.05, 4.69) is 0 Å². The Hall–Kier alpha value is -2.70. The fourth-order valence-electron chi connectivity index (χ4n) is 2.70. The number of carbonyl (C=O) groups is 2. The van der Waals surface area contributed by atoms with E-state index in [-0.39, 0.29) is 0 Å². The van der Waals surface area contributed by atoms with Crippen molar-refractivity contribution < 1.29 is 29.1 Å². The SMILES string of the molecule is CCC(C)(CC)C(OOC(=O)c1ccccc1C)OOC(=O)c1ccccc1C. The van der Waals surface area contributed by atoms with Gasteiger partial charge < -0.3 is 0 Å². The number of benzene rings is 2. The number of carbonyl (C=O) groups excluding carboxylic acids is 2. The highest BCUT2D eigenvalue weighted by Gasteiger charge is 2.37. The van der Waals surface area contributed by atoms with E-state index >= 15 is 0 Å². The highest BCUT2D eigenvalue weighted by molar-refractivity contribution is 5.91. The molecule has 29 heavy (non-hydrogen) atoms. The smallest absolute Gasteiger partial charge is 0.290 e. The van der Waals surface area contributed by atoms with Crippen molar-refractivity contribution in [3.8, 4) is 0 Å². The Morgan fingerprint density at radius 2 is 1.17 bits per heavy atom. The molecule has 0 spiro atoms. The van der Waals surface area contributed by atoms with Gasteiger partial charge in [0.05, 0.1) is 11.1 Å². The monoisotopic (exact) mass is 400 g/mol. The van der Waals surface area contributed by atoms with Crippen molar-refractivity contribution in [2.75, 3.05) is 0 Å². The second kappa shape index (κ2) is 10.2. The zero-order chi connectivity index (χ0) is 21.4. The molecule has 6 nitrogen and oxygen atoms in total.